The third-order valence-corrected chi connectivity index (χ3v) is 2.62. The smallest absolute Gasteiger partial charge is 0.141 e. The molecule has 1 atom stereocenters. The summed E-state index contributed by atoms with van der Waals surface area (Å²) in [4.78, 5) is 3.73. The Morgan fingerprint density at radius 3 is 2.68 bits per heavy atom. The number of hydrogen-bond acceptors (Lipinski definition) is 3. The van der Waals surface area contributed by atoms with Crippen LogP contribution in [-0.2, 0) is 6.61 Å². The first-order valence-corrected chi connectivity index (χ1v) is 5.83. The molecule has 0 saturated carbocycles. The third-order valence-electron chi connectivity index (χ3n) is 2.62. The Morgan fingerprint density at radius 1 is 1.21 bits per heavy atom. The normalized spacial score (nSPS) is 12.2. The Labute approximate surface area is 110 Å². The van der Waals surface area contributed by atoms with Gasteiger partial charge in [0, 0.05) is 23.4 Å². The number of halogens is 2. The number of pyridine rings is 1. The van der Waals surface area contributed by atoms with Gasteiger partial charge in [0.2, 0.25) is 0 Å². The molecule has 0 spiro atoms. The van der Waals surface area contributed by atoms with Crippen molar-refractivity contribution in [1.29, 1.82) is 0 Å². The van der Waals surface area contributed by atoms with Gasteiger partial charge in [-0.3, -0.25) is 4.98 Å². The lowest BCUT2D eigenvalue weighted by atomic mass is 10.1. The van der Waals surface area contributed by atoms with Crippen molar-refractivity contribution in [2.75, 3.05) is 0 Å². The van der Waals surface area contributed by atoms with E-state index in [1.54, 1.807) is 6.92 Å². The van der Waals surface area contributed by atoms with Gasteiger partial charge in [0.15, 0.2) is 0 Å². The molecule has 2 rings (SSSR count). The molecule has 2 aromatic rings. The molecule has 0 saturated heterocycles. The van der Waals surface area contributed by atoms with Crippen LogP contribution in [0.25, 0.3) is 0 Å². The van der Waals surface area contributed by atoms with Crippen LogP contribution in [0, 0.1) is 11.6 Å². The first-order chi connectivity index (χ1) is 9.06. The Balaban J connectivity index is 2.15. The van der Waals surface area contributed by atoms with Crippen LogP contribution in [0.1, 0.15) is 24.1 Å². The lowest BCUT2D eigenvalue weighted by Crippen LogP contribution is -2.08. The predicted molar refractivity (Wildman–Crippen MR) is 67.5 cm³/mol. The zero-order valence-corrected chi connectivity index (χ0v) is 10.4. The van der Waals surface area contributed by atoms with Crippen LogP contribution in [0.5, 0.6) is 5.75 Å². The van der Waals surface area contributed by atoms with Crippen LogP contribution in [0.15, 0.2) is 36.7 Å². The zero-order valence-electron chi connectivity index (χ0n) is 10.4. The van der Waals surface area contributed by atoms with Gasteiger partial charge in [0.1, 0.15) is 24.0 Å². The van der Waals surface area contributed by atoms with Gasteiger partial charge in [-0.2, -0.15) is 0 Å². The monoisotopic (exact) mass is 264 g/mol. The van der Waals surface area contributed by atoms with Crippen LogP contribution in [-0.4, -0.2) is 4.98 Å². The number of nitrogens with two attached hydrogens (primary N) is 1. The van der Waals surface area contributed by atoms with Gasteiger partial charge in [-0.05, 0) is 31.2 Å². The van der Waals surface area contributed by atoms with E-state index in [0.29, 0.717) is 16.9 Å². The average Bonchev–Trinajstić information content (AvgIpc) is 2.37. The fraction of sp³-hybridized carbons (Fsp3) is 0.214. The van der Waals surface area contributed by atoms with Crippen molar-refractivity contribution in [1.82, 2.24) is 4.98 Å². The zero-order chi connectivity index (χ0) is 13.8. The van der Waals surface area contributed by atoms with Crippen molar-refractivity contribution >= 4 is 0 Å². The van der Waals surface area contributed by atoms with Crippen molar-refractivity contribution in [2.45, 2.75) is 19.6 Å². The molecule has 0 bridgehead atoms. The van der Waals surface area contributed by atoms with Crippen molar-refractivity contribution in [3.63, 3.8) is 0 Å². The molecule has 3 nitrogen and oxygen atoms in total. The molecule has 5 heteroatoms. The van der Waals surface area contributed by atoms with Crippen LogP contribution in [0.2, 0.25) is 0 Å². The quantitative estimate of drug-likeness (QED) is 0.923. The largest absolute Gasteiger partial charge is 0.488 e. The summed E-state index contributed by atoms with van der Waals surface area (Å²) in [6, 6.07) is 5.13. The number of hydrogen-bond donors (Lipinski definition) is 1. The van der Waals surface area contributed by atoms with Gasteiger partial charge in [-0.1, -0.05) is 0 Å². The minimum atomic E-state index is -0.423. The molecule has 0 amide bonds. The summed E-state index contributed by atoms with van der Waals surface area (Å²) in [6.45, 7) is 1.89. The van der Waals surface area contributed by atoms with Crippen LogP contribution in [0.3, 0.4) is 0 Å². The minimum absolute atomic E-state index is 0.149. The van der Waals surface area contributed by atoms with E-state index in [4.69, 9.17) is 10.5 Å². The Bertz CT molecular complexity index is 573. The molecule has 0 aliphatic rings. The average molecular weight is 264 g/mol. The molecule has 0 aliphatic heterocycles. The maximum absolute atomic E-state index is 13.2. The second kappa shape index (κ2) is 5.75. The van der Waals surface area contributed by atoms with E-state index in [1.807, 2.05) is 0 Å². The van der Waals surface area contributed by atoms with Crippen molar-refractivity contribution < 1.29 is 13.5 Å². The number of rotatable bonds is 4. The first-order valence-electron chi connectivity index (χ1n) is 5.83. The molecule has 0 fully saturated rings. The fourth-order valence-corrected chi connectivity index (χ4v) is 1.70. The summed E-state index contributed by atoms with van der Waals surface area (Å²) in [7, 11) is 0. The molecule has 0 radical (unpaired) electrons. The van der Waals surface area contributed by atoms with Crippen molar-refractivity contribution in [3.8, 4) is 5.75 Å². The van der Waals surface area contributed by atoms with Crippen LogP contribution >= 0.6 is 0 Å². The second-order valence-electron chi connectivity index (χ2n) is 4.27. The Morgan fingerprint density at radius 2 is 2.00 bits per heavy atom. The summed E-state index contributed by atoms with van der Waals surface area (Å²) >= 11 is 0. The number of benzene rings is 1. The van der Waals surface area contributed by atoms with Gasteiger partial charge in [-0.25, -0.2) is 8.78 Å². The van der Waals surface area contributed by atoms with Gasteiger partial charge < -0.3 is 10.5 Å². The van der Waals surface area contributed by atoms with Gasteiger partial charge >= 0.3 is 0 Å². The molecular formula is C14H14F2N2O. The van der Waals surface area contributed by atoms with Gasteiger partial charge in [-0.15, -0.1) is 0 Å². The molecule has 1 aromatic carbocycles. The van der Waals surface area contributed by atoms with Crippen LogP contribution < -0.4 is 10.5 Å². The highest BCUT2D eigenvalue weighted by atomic mass is 19.1. The van der Waals surface area contributed by atoms with E-state index in [9.17, 15) is 8.78 Å². The summed E-state index contributed by atoms with van der Waals surface area (Å²) in [6.07, 6.45) is 2.63. The summed E-state index contributed by atoms with van der Waals surface area (Å²) < 4.78 is 31.7. The van der Waals surface area contributed by atoms with E-state index >= 15 is 0 Å². The van der Waals surface area contributed by atoms with E-state index in [0.717, 1.165) is 6.20 Å². The first kappa shape index (κ1) is 13.4. The summed E-state index contributed by atoms with van der Waals surface area (Å²) in [5.41, 5.74) is 6.93. The molecule has 100 valence electrons. The standard InChI is InChI=1S/C14H14F2N2O/c1-9(17)13-5-11(15)2-3-14(13)19-8-10-4-12(16)7-18-6-10/h2-7,9H,8,17H2,1H3/t9-/m1/s1. The third kappa shape index (κ3) is 3.48. The second-order valence-corrected chi connectivity index (χ2v) is 4.27. The van der Waals surface area contributed by atoms with Gasteiger partial charge in [0.05, 0.1) is 6.20 Å². The lowest BCUT2D eigenvalue weighted by Gasteiger charge is -2.14. The number of nitrogens with zero attached hydrogens (tertiary/aromatic N) is 1. The summed E-state index contributed by atoms with van der Waals surface area (Å²) in [5.74, 6) is -0.305. The SMILES string of the molecule is C[C@@H](N)c1cc(F)ccc1OCc1cncc(F)c1. The molecule has 2 N–H and O–H groups in total. The minimum Gasteiger partial charge on any atom is -0.488 e. The van der Waals surface area contributed by atoms with Crippen molar-refractivity contribution in [2.24, 2.45) is 5.73 Å². The van der Waals surface area contributed by atoms with Crippen molar-refractivity contribution in [3.05, 3.63) is 59.4 Å². The summed E-state index contributed by atoms with van der Waals surface area (Å²) in [5, 5.41) is 0. The lowest BCUT2D eigenvalue weighted by molar-refractivity contribution is 0.299. The maximum atomic E-state index is 13.2. The highest BCUT2D eigenvalue weighted by molar-refractivity contribution is 5.36. The molecule has 0 aliphatic carbocycles. The molecule has 1 heterocycles. The van der Waals surface area contributed by atoms with E-state index in [1.165, 1.54) is 30.5 Å². The highest BCUT2D eigenvalue weighted by Gasteiger charge is 2.10. The number of ether oxygens (including phenoxy) is 1. The van der Waals surface area contributed by atoms with E-state index in [-0.39, 0.29) is 18.5 Å². The molecule has 19 heavy (non-hydrogen) atoms. The maximum Gasteiger partial charge on any atom is 0.141 e. The number of aromatic nitrogens is 1. The van der Waals surface area contributed by atoms with E-state index < -0.39 is 5.82 Å². The highest BCUT2D eigenvalue weighted by Crippen LogP contribution is 2.25. The Hall–Kier alpha value is -2.01. The molecule has 1 aromatic heterocycles. The van der Waals surface area contributed by atoms with Gasteiger partial charge in [0.25, 0.3) is 0 Å². The topological polar surface area (TPSA) is 48.1 Å². The predicted octanol–water partition coefficient (Wildman–Crippen LogP) is 2.96. The fourth-order valence-electron chi connectivity index (χ4n) is 1.70. The molecular weight excluding hydrogens is 250 g/mol. The molecule has 0 unspecified atom stereocenters. The van der Waals surface area contributed by atoms with Crippen LogP contribution in [0.4, 0.5) is 8.78 Å². The Kier molecular flexibility index (Phi) is 4.06. The van der Waals surface area contributed by atoms with E-state index in [2.05, 4.69) is 4.98 Å².